The average molecular weight is 273 g/mol. The molecular formula is C18H27NO. The first-order valence-electron chi connectivity index (χ1n) is 8.00. The van der Waals surface area contributed by atoms with E-state index in [1.165, 1.54) is 24.0 Å². The molecule has 2 nitrogen and oxygen atoms in total. The molecule has 0 bridgehead atoms. The van der Waals surface area contributed by atoms with Crippen molar-refractivity contribution in [1.82, 2.24) is 5.32 Å². The number of aryl methyl sites for hydroxylation is 1. The summed E-state index contributed by atoms with van der Waals surface area (Å²) in [5, 5.41) is 14.0. The molecule has 0 radical (unpaired) electrons. The molecule has 2 unspecified atom stereocenters. The fourth-order valence-corrected chi connectivity index (χ4v) is 3.97. The maximum atomic E-state index is 10.3. The number of nitrogens with one attached hydrogen (secondary N) is 1. The van der Waals surface area contributed by atoms with Crippen molar-refractivity contribution < 1.29 is 5.11 Å². The number of benzene rings is 1. The van der Waals surface area contributed by atoms with E-state index in [0.29, 0.717) is 23.1 Å². The fraction of sp³-hybridized carbons (Fsp3) is 0.667. The number of aromatic hydroxyl groups is 1. The van der Waals surface area contributed by atoms with Crippen molar-refractivity contribution >= 4 is 0 Å². The number of phenols is 1. The summed E-state index contributed by atoms with van der Waals surface area (Å²) >= 11 is 0. The standard InChI is InChI=1S/C18H27NO/c1-11(2)18(7-8-18)10-19-14-9-13(4)16-12(3)5-6-15(20)17(14)16/h5-6,11,13-14,19-20H,7-10H2,1-4H3. The molecule has 0 saturated heterocycles. The second-order valence-corrected chi connectivity index (χ2v) is 7.32. The predicted octanol–water partition coefficient (Wildman–Crippen LogP) is 4.27. The van der Waals surface area contributed by atoms with Crippen LogP contribution >= 0.6 is 0 Å². The van der Waals surface area contributed by atoms with E-state index < -0.39 is 0 Å². The van der Waals surface area contributed by atoms with Gasteiger partial charge in [-0.3, -0.25) is 0 Å². The van der Waals surface area contributed by atoms with Gasteiger partial charge < -0.3 is 10.4 Å². The van der Waals surface area contributed by atoms with Crippen molar-refractivity contribution in [3.63, 3.8) is 0 Å². The lowest BCUT2D eigenvalue weighted by Gasteiger charge is -2.24. The quantitative estimate of drug-likeness (QED) is 0.858. The molecule has 0 heterocycles. The first-order valence-corrected chi connectivity index (χ1v) is 8.00. The van der Waals surface area contributed by atoms with Crippen LogP contribution in [-0.2, 0) is 0 Å². The summed E-state index contributed by atoms with van der Waals surface area (Å²) in [6.07, 6.45) is 3.82. The second-order valence-electron chi connectivity index (χ2n) is 7.32. The van der Waals surface area contributed by atoms with Crippen LogP contribution in [0.3, 0.4) is 0 Å². The first-order chi connectivity index (χ1) is 9.44. The number of fused-ring (bicyclic) bond motifs is 1. The van der Waals surface area contributed by atoms with Crippen LogP contribution in [0.15, 0.2) is 12.1 Å². The number of hydrogen-bond donors (Lipinski definition) is 2. The molecule has 2 atom stereocenters. The summed E-state index contributed by atoms with van der Waals surface area (Å²) in [4.78, 5) is 0. The van der Waals surface area contributed by atoms with Gasteiger partial charge in [0.15, 0.2) is 0 Å². The Morgan fingerprint density at radius 1 is 1.30 bits per heavy atom. The second kappa shape index (κ2) is 4.77. The highest BCUT2D eigenvalue weighted by atomic mass is 16.3. The minimum atomic E-state index is 0.330. The fourth-order valence-electron chi connectivity index (χ4n) is 3.97. The van der Waals surface area contributed by atoms with Crippen molar-refractivity contribution in [3.8, 4) is 5.75 Å². The maximum Gasteiger partial charge on any atom is 0.120 e. The van der Waals surface area contributed by atoms with Gasteiger partial charge in [0.05, 0.1) is 0 Å². The molecule has 20 heavy (non-hydrogen) atoms. The molecule has 1 fully saturated rings. The molecule has 0 amide bonds. The Morgan fingerprint density at radius 3 is 2.60 bits per heavy atom. The summed E-state index contributed by atoms with van der Waals surface area (Å²) < 4.78 is 0. The van der Waals surface area contributed by atoms with Gasteiger partial charge in [0.2, 0.25) is 0 Å². The van der Waals surface area contributed by atoms with Crippen LogP contribution in [-0.4, -0.2) is 11.7 Å². The molecule has 0 spiro atoms. The lowest BCUT2D eigenvalue weighted by atomic mass is 9.92. The first kappa shape index (κ1) is 13.9. The van der Waals surface area contributed by atoms with E-state index in [-0.39, 0.29) is 0 Å². The molecule has 2 aliphatic rings. The van der Waals surface area contributed by atoms with Gasteiger partial charge in [-0.25, -0.2) is 0 Å². The lowest BCUT2D eigenvalue weighted by Crippen LogP contribution is -2.30. The molecule has 1 aromatic carbocycles. The normalized spacial score (nSPS) is 26.9. The third kappa shape index (κ3) is 2.14. The predicted molar refractivity (Wildman–Crippen MR) is 83.1 cm³/mol. The average Bonchev–Trinajstić information content (AvgIpc) is 3.11. The Bertz CT molecular complexity index is 516. The highest BCUT2D eigenvalue weighted by Crippen LogP contribution is 2.52. The summed E-state index contributed by atoms with van der Waals surface area (Å²) in [7, 11) is 0. The van der Waals surface area contributed by atoms with Crippen LogP contribution in [0.1, 0.15) is 68.7 Å². The van der Waals surface area contributed by atoms with E-state index in [1.807, 2.05) is 12.1 Å². The van der Waals surface area contributed by atoms with Crippen molar-refractivity contribution in [1.29, 1.82) is 0 Å². The molecule has 2 N–H and O–H groups in total. The van der Waals surface area contributed by atoms with Gasteiger partial charge in [-0.1, -0.05) is 26.8 Å². The minimum Gasteiger partial charge on any atom is -0.508 e. The van der Waals surface area contributed by atoms with Crippen molar-refractivity contribution in [3.05, 3.63) is 28.8 Å². The Labute approximate surface area is 122 Å². The van der Waals surface area contributed by atoms with Crippen LogP contribution in [0.2, 0.25) is 0 Å². The smallest absolute Gasteiger partial charge is 0.120 e. The molecule has 0 aliphatic heterocycles. The van der Waals surface area contributed by atoms with E-state index in [0.717, 1.165) is 24.4 Å². The monoisotopic (exact) mass is 273 g/mol. The van der Waals surface area contributed by atoms with Crippen LogP contribution in [0.5, 0.6) is 5.75 Å². The van der Waals surface area contributed by atoms with Crippen LogP contribution in [0.4, 0.5) is 0 Å². The molecule has 2 heteroatoms. The van der Waals surface area contributed by atoms with Crippen molar-refractivity contribution in [2.45, 2.75) is 58.9 Å². The SMILES string of the molecule is Cc1ccc(O)c2c1C(C)CC2NCC1(C(C)C)CC1. The third-order valence-corrected chi connectivity index (χ3v) is 5.73. The number of hydrogen-bond acceptors (Lipinski definition) is 2. The molecule has 3 rings (SSSR count). The molecule has 110 valence electrons. The minimum absolute atomic E-state index is 0.330. The summed E-state index contributed by atoms with van der Waals surface area (Å²) in [5.74, 6) is 1.77. The van der Waals surface area contributed by atoms with Crippen molar-refractivity contribution in [2.24, 2.45) is 11.3 Å². The van der Waals surface area contributed by atoms with Gasteiger partial charge in [0.25, 0.3) is 0 Å². The van der Waals surface area contributed by atoms with E-state index in [1.54, 1.807) is 0 Å². The Balaban J connectivity index is 1.80. The molecule has 1 aromatic rings. The highest BCUT2D eigenvalue weighted by molar-refractivity contribution is 5.50. The van der Waals surface area contributed by atoms with Crippen LogP contribution < -0.4 is 5.32 Å². The highest BCUT2D eigenvalue weighted by Gasteiger charge is 2.45. The number of rotatable bonds is 4. The Kier molecular flexibility index (Phi) is 3.32. The largest absolute Gasteiger partial charge is 0.508 e. The van der Waals surface area contributed by atoms with Gasteiger partial charge in [0.1, 0.15) is 5.75 Å². The van der Waals surface area contributed by atoms with E-state index in [2.05, 4.69) is 33.0 Å². The summed E-state index contributed by atoms with van der Waals surface area (Å²) in [6, 6.07) is 4.23. The van der Waals surface area contributed by atoms with Gasteiger partial charge >= 0.3 is 0 Å². The molecule has 0 aromatic heterocycles. The van der Waals surface area contributed by atoms with Crippen LogP contribution in [0.25, 0.3) is 0 Å². The Morgan fingerprint density at radius 2 is 2.00 bits per heavy atom. The molecule has 1 saturated carbocycles. The summed E-state index contributed by atoms with van der Waals surface area (Å²) in [6.45, 7) is 10.2. The van der Waals surface area contributed by atoms with Crippen LogP contribution in [0, 0.1) is 18.3 Å². The third-order valence-electron chi connectivity index (χ3n) is 5.73. The zero-order chi connectivity index (χ0) is 14.5. The van der Waals surface area contributed by atoms with E-state index in [9.17, 15) is 5.11 Å². The van der Waals surface area contributed by atoms with Gasteiger partial charge in [-0.05, 0) is 60.6 Å². The molecular weight excluding hydrogens is 246 g/mol. The lowest BCUT2D eigenvalue weighted by molar-refractivity contribution is 0.316. The Hall–Kier alpha value is -1.02. The van der Waals surface area contributed by atoms with E-state index in [4.69, 9.17) is 0 Å². The van der Waals surface area contributed by atoms with E-state index >= 15 is 0 Å². The van der Waals surface area contributed by atoms with Gasteiger partial charge in [-0.15, -0.1) is 0 Å². The van der Waals surface area contributed by atoms with Crippen molar-refractivity contribution in [2.75, 3.05) is 6.54 Å². The number of phenolic OH excluding ortho intramolecular Hbond substituents is 1. The van der Waals surface area contributed by atoms with Gasteiger partial charge in [0, 0.05) is 18.2 Å². The van der Waals surface area contributed by atoms with Gasteiger partial charge in [-0.2, -0.15) is 0 Å². The maximum absolute atomic E-state index is 10.3. The zero-order valence-corrected chi connectivity index (χ0v) is 13.2. The topological polar surface area (TPSA) is 32.3 Å². The zero-order valence-electron chi connectivity index (χ0n) is 13.2. The molecule has 2 aliphatic carbocycles. The summed E-state index contributed by atoms with van der Waals surface area (Å²) in [5.41, 5.74) is 4.37.